The van der Waals surface area contributed by atoms with Crippen LogP contribution >= 0.6 is 0 Å². The van der Waals surface area contributed by atoms with Crippen molar-refractivity contribution in [3.05, 3.63) is 84.3 Å². The summed E-state index contributed by atoms with van der Waals surface area (Å²) in [6.45, 7) is 3.04. The molecule has 4 rings (SSSR count). The molecule has 182 valence electrons. The summed E-state index contributed by atoms with van der Waals surface area (Å²) in [5.41, 5.74) is 2.09. The molecule has 0 aliphatic carbocycles. The number of nitrogens with one attached hydrogen (secondary N) is 3. The first kappa shape index (κ1) is 24.2. The first-order valence-electron chi connectivity index (χ1n) is 11.5. The average Bonchev–Trinajstić information content (AvgIpc) is 3.41. The Balaban J connectivity index is 1.36. The van der Waals surface area contributed by atoms with Crippen LogP contribution in [0.5, 0.6) is 0 Å². The van der Waals surface area contributed by atoms with E-state index in [0.717, 1.165) is 18.7 Å². The molecule has 1 aliphatic heterocycles. The zero-order valence-electron chi connectivity index (χ0n) is 19.2. The highest BCUT2D eigenvalue weighted by Crippen LogP contribution is 2.15. The molecule has 3 aromatic rings. The number of carbonyl (C=O) groups is 3. The third-order valence-electron chi connectivity index (χ3n) is 5.56. The zero-order chi connectivity index (χ0) is 24.5. The fourth-order valence-electron chi connectivity index (χ4n) is 3.73. The van der Waals surface area contributed by atoms with Gasteiger partial charge in [-0.25, -0.2) is 0 Å². The van der Waals surface area contributed by atoms with Crippen LogP contribution in [-0.2, 0) is 20.7 Å². The van der Waals surface area contributed by atoms with E-state index in [1.165, 1.54) is 6.26 Å². The molecule has 0 spiro atoms. The van der Waals surface area contributed by atoms with Gasteiger partial charge in [-0.3, -0.25) is 19.3 Å². The Kier molecular flexibility index (Phi) is 8.26. The topological polar surface area (TPSA) is 113 Å². The third kappa shape index (κ3) is 7.26. The molecular weight excluding hydrogens is 448 g/mol. The minimum atomic E-state index is -0.817. The van der Waals surface area contributed by atoms with Gasteiger partial charge in [0.1, 0.15) is 6.04 Å². The summed E-state index contributed by atoms with van der Waals surface area (Å²) in [5.74, 6) is -0.803. The number of ether oxygens (including phenoxy) is 1. The Morgan fingerprint density at radius 2 is 1.54 bits per heavy atom. The van der Waals surface area contributed by atoms with Gasteiger partial charge in [-0.2, -0.15) is 0 Å². The van der Waals surface area contributed by atoms with E-state index in [1.54, 1.807) is 36.4 Å². The van der Waals surface area contributed by atoms with Crippen LogP contribution in [0, 0.1) is 0 Å². The van der Waals surface area contributed by atoms with Gasteiger partial charge in [-0.15, -0.1) is 0 Å². The van der Waals surface area contributed by atoms with Crippen LogP contribution < -0.4 is 16.0 Å². The van der Waals surface area contributed by atoms with Crippen molar-refractivity contribution < 1.29 is 23.5 Å². The van der Waals surface area contributed by atoms with Crippen LogP contribution in [0.1, 0.15) is 16.1 Å². The number of nitrogens with zero attached hydrogens (tertiary/aromatic N) is 1. The Morgan fingerprint density at radius 1 is 0.857 bits per heavy atom. The summed E-state index contributed by atoms with van der Waals surface area (Å²) in [5, 5.41) is 8.45. The predicted molar refractivity (Wildman–Crippen MR) is 131 cm³/mol. The minimum absolute atomic E-state index is 0.104. The summed E-state index contributed by atoms with van der Waals surface area (Å²) in [7, 11) is 0. The number of furan rings is 1. The van der Waals surface area contributed by atoms with Gasteiger partial charge >= 0.3 is 0 Å². The van der Waals surface area contributed by atoms with Crippen molar-refractivity contribution in [3.63, 3.8) is 0 Å². The SMILES string of the molecule is O=C(CN1CCOCC1)Nc1ccc(NC(=O)[C@H](Cc2ccccc2)NC(=O)c2ccco2)cc1. The number of carbonyl (C=O) groups excluding carboxylic acids is 3. The van der Waals surface area contributed by atoms with E-state index < -0.39 is 11.9 Å². The van der Waals surface area contributed by atoms with Crippen LogP contribution in [0.3, 0.4) is 0 Å². The van der Waals surface area contributed by atoms with Gasteiger partial charge < -0.3 is 25.1 Å². The van der Waals surface area contributed by atoms with Gasteiger partial charge in [0, 0.05) is 30.9 Å². The number of hydrogen-bond donors (Lipinski definition) is 3. The normalized spacial score (nSPS) is 14.6. The van der Waals surface area contributed by atoms with E-state index in [2.05, 4.69) is 16.0 Å². The van der Waals surface area contributed by atoms with Gasteiger partial charge in [-0.05, 0) is 42.0 Å². The Morgan fingerprint density at radius 3 is 2.20 bits per heavy atom. The second kappa shape index (κ2) is 12.0. The maximum absolute atomic E-state index is 13.1. The Hall–Kier alpha value is -3.95. The van der Waals surface area contributed by atoms with Crippen molar-refractivity contribution in [2.45, 2.75) is 12.5 Å². The van der Waals surface area contributed by atoms with Gasteiger partial charge in [-0.1, -0.05) is 30.3 Å². The molecule has 2 heterocycles. The summed E-state index contributed by atoms with van der Waals surface area (Å²) < 4.78 is 10.4. The molecule has 1 atom stereocenters. The second-order valence-electron chi connectivity index (χ2n) is 8.20. The molecule has 3 N–H and O–H groups in total. The van der Waals surface area contributed by atoms with Crippen LogP contribution in [0.25, 0.3) is 0 Å². The first-order chi connectivity index (χ1) is 17.1. The van der Waals surface area contributed by atoms with Gasteiger partial charge in [0.25, 0.3) is 5.91 Å². The lowest BCUT2D eigenvalue weighted by Gasteiger charge is -2.25. The number of anilines is 2. The van der Waals surface area contributed by atoms with Crippen molar-refractivity contribution in [1.82, 2.24) is 10.2 Å². The minimum Gasteiger partial charge on any atom is -0.459 e. The lowest BCUT2D eigenvalue weighted by molar-refractivity contribution is -0.119. The summed E-state index contributed by atoms with van der Waals surface area (Å²) in [4.78, 5) is 39.9. The number of hydrogen-bond acceptors (Lipinski definition) is 6. The number of rotatable bonds is 9. The van der Waals surface area contributed by atoms with E-state index >= 15 is 0 Å². The molecule has 0 saturated carbocycles. The second-order valence-corrected chi connectivity index (χ2v) is 8.20. The molecular formula is C26H28N4O5. The standard InChI is InChI=1S/C26H28N4O5/c31-24(18-30-12-15-34-16-13-30)27-20-8-10-21(11-9-20)28-25(32)22(17-19-5-2-1-3-6-19)29-26(33)23-7-4-14-35-23/h1-11,14,22H,12-13,15-18H2,(H,27,31)(H,28,32)(H,29,33)/t22-/m0/s1. The number of benzene rings is 2. The fraction of sp³-hybridized carbons (Fsp3) is 0.269. The maximum Gasteiger partial charge on any atom is 0.287 e. The Bertz CT molecular complexity index is 1110. The number of amides is 3. The summed E-state index contributed by atoms with van der Waals surface area (Å²) >= 11 is 0. The molecule has 0 radical (unpaired) electrons. The quantitative estimate of drug-likeness (QED) is 0.438. The van der Waals surface area contributed by atoms with Crippen LogP contribution in [0.4, 0.5) is 11.4 Å². The van der Waals surface area contributed by atoms with Crippen LogP contribution in [0.2, 0.25) is 0 Å². The fourth-order valence-corrected chi connectivity index (χ4v) is 3.73. The molecule has 9 heteroatoms. The lowest BCUT2D eigenvalue weighted by Crippen LogP contribution is -2.45. The van der Waals surface area contributed by atoms with Crippen molar-refractivity contribution in [3.8, 4) is 0 Å². The van der Waals surface area contributed by atoms with Crippen LogP contribution in [0.15, 0.2) is 77.4 Å². The Labute approximate surface area is 203 Å². The van der Waals surface area contributed by atoms with Gasteiger partial charge in [0.15, 0.2) is 5.76 Å². The van der Waals surface area contributed by atoms with E-state index in [1.807, 2.05) is 35.2 Å². The van der Waals surface area contributed by atoms with E-state index in [-0.39, 0.29) is 17.6 Å². The first-order valence-corrected chi connectivity index (χ1v) is 11.5. The monoisotopic (exact) mass is 476 g/mol. The van der Waals surface area contributed by atoms with Crippen LogP contribution in [-0.4, -0.2) is 61.5 Å². The van der Waals surface area contributed by atoms with E-state index in [9.17, 15) is 14.4 Å². The van der Waals surface area contributed by atoms with Gasteiger partial charge in [0.05, 0.1) is 26.0 Å². The average molecular weight is 477 g/mol. The maximum atomic E-state index is 13.1. The molecule has 1 fully saturated rings. The lowest BCUT2D eigenvalue weighted by atomic mass is 10.0. The zero-order valence-corrected chi connectivity index (χ0v) is 19.2. The molecule has 1 saturated heterocycles. The van der Waals surface area contributed by atoms with Crippen molar-refractivity contribution in [1.29, 1.82) is 0 Å². The third-order valence-corrected chi connectivity index (χ3v) is 5.56. The predicted octanol–water partition coefficient (Wildman–Crippen LogP) is 2.53. The van der Waals surface area contributed by atoms with E-state index in [4.69, 9.17) is 9.15 Å². The van der Waals surface area contributed by atoms with Gasteiger partial charge in [0.2, 0.25) is 11.8 Å². The highest BCUT2D eigenvalue weighted by molar-refractivity contribution is 6.00. The highest BCUT2D eigenvalue weighted by Gasteiger charge is 2.23. The molecule has 1 aromatic heterocycles. The summed E-state index contributed by atoms with van der Waals surface area (Å²) in [6, 6.07) is 18.6. The summed E-state index contributed by atoms with van der Waals surface area (Å²) in [6.07, 6.45) is 1.72. The van der Waals surface area contributed by atoms with Crippen molar-refractivity contribution >= 4 is 29.1 Å². The molecule has 1 aliphatic rings. The van der Waals surface area contributed by atoms with E-state index in [0.29, 0.717) is 37.6 Å². The number of morpholine rings is 1. The largest absolute Gasteiger partial charge is 0.459 e. The molecule has 2 aromatic carbocycles. The molecule has 0 bridgehead atoms. The molecule has 35 heavy (non-hydrogen) atoms. The highest BCUT2D eigenvalue weighted by atomic mass is 16.5. The molecule has 3 amide bonds. The molecule has 0 unspecified atom stereocenters. The smallest absolute Gasteiger partial charge is 0.287 e. The van der Waals surface area contributed by atoms with Crippen molar-refractivity contribution in [2.75, 3.05) is 43.5 Å². The van der Waals surface area contributed by atoms with Crippen molar-refractivity contribution in [2.24, 2.45) is 0 Å². The molecule has 9 nitrogen and oxygen atoms in total.